The number of hydrogen-bond acceptors (Lipinski definition) is 4. The molecule has 0 atom stereocenters. The number of benzene rings is 5. The van der Waals surface area contributed by atoms with Gasteiger partial charge in [-0.3, -0.25) is 14.9 Å². The second-order valence-corrected chi connectivity index (χ2v) is 9.72. The van der Waals surface area contributed by atoms with Crippen molar-refractivity contribution in [2.24, 2.45) is 0 Å². The molecule has 0 fully saturated rings. The van der Waals surface area contributed by atoms with Gasteiger partial charge in [-0.2, -0.15) is 5.10 Å². The maximum atomic E-state index is 14.1. The quantitative estimate of drug-likeness (QED) is 0.171. The molecule has 0 saturated heterocycles. The number of nitrogens with one attached hydrogen (secondary N) is 2. The minimum absolute atomic E-state index is 0.0244. The summed E-state index contributed by atoms with van der Waals surface area (Å²) < 4.78 is 1.64. The van der Waals surface area contributed by atoms with Crippen LogP contribution >= 0.6 is 12.2 Å². The van der Waals surface area contributed by atoms with Gasteiger partial charge in [0.05, 0.1) is 16.9 Å². The lowest BCUT2D eigenvalue weighted by Gasteiger charge is -2.12. The van der Waals surface area contributed by atoms with Crippen molar-refractivity contribution in [3.63, 3.8) is 0 Å². The maximum Gasteiger partial charge on any atom is 0.278 e. The predicted molar refractivity (Wildman–Crippen MR) is 167 cm³/mol. The van der Waals surface area contributed by atoms with E-state index in [-0.39, 0.29) is 22.2 Å². The summed E-state index contributed by atoms with van der Waals surface area (Å²) in [6.45, 7) is 0. The van der Waals surface area contributed by atoms with Crippen LogP contribution in [-0.4, -0.2) is 26.6 Å². The first-order valence-corrected chi connectivity index (χ1v) is 13.4. The van der Waals surface area contributed by atoms with Crippen LogP contribution in [0.2, 0.25) is 0 Å². The van der Waals surface area contributed by atoms with Crippen LogP contribution in [0, 0.1) is 0 Å². The summed E-state index contributed by atoms with van der Waals surface area (Å²) in [5.41, 5.74) is 3.35. The minimum atomic E-state index is -0.589. The molecule has 198 valence electrons. The first-order valence-electron chi connectivity index (χ1n) is 13.0. The van der Waals surface area contributed by atoms with E-state index in [9.17, 15) is 9.59 Å². The summed E-state index contributed by atoms with van der Waals surface area (Å²) in [5.74, 6) is -0.904. The number of nitrogens with zero attached hydrogens (tertiary/aromatic N) is 2. The second kappa shape index (κ2) is 11.4. The fourth-order valence-electron chi connectivity index (χ4n) is 4.79. The third kappa shape index (κ3) is 5.26. The molecule has 5 aromatic carbocycles. The molecule has 2 N–H and O–H groups in total. The molecule has 0 aliphatic rings. The Balaban J connectivity index is 1.44. The first kappa shape index (κ1) is 25.9. The van der Waals surface area contributed by atoms with Gasteiger partial charge in [-0.25, -0.2) is 4.68 Å². The van der Waals surface area contributed by atoms with E-state index in [0.717, 1.165) is 22.0 Å². The zero-order valence-corrected chi connectivity index (χ0v) is 22.6. The van der Waals surface area contributed by atoms with Crippen LogP contribution in [0.5, 0.6) is 0 Å². The van der Waals surface area contributed by atoms with Gasteiger partial charge in [-0.15, -0.1) is 0 Å². The third-order valence-electron chi connectivity index (χ3n) is 6.68. The Morgan fingerprint density at radius 3 is 2.02 bits per heavy atom. The lowest BCUT2D eigenvalue weighted by molar-refractivity contribution is 0.0959. The number of aromatic nitrogens is 2. The Kier molecular flexibility index (Phi) is 7.17. The molecule has 1 aromatic heterocycles. The van der Waals surface area contributed by atoms with Crippen LogP contribution in [0.1, 0.15) is 26.4 Å². The number of thiocarbonyl (C=S) groups is 1. The Morgan fingerprint density at radius 2 is 1.29 bits per heavy atom. The molecule has 1 heterocycles. The fourth-order valence-corrected chi connectivity index (χ4v) is 5.00. The minimum Gasteiger partial charge on any atom is -0.332 e. The SMILES string of the molecule is O=C(NC(=S)Nc1cccc2ccccc12)c1nn(-c2ccccc2)c(-c2ccccc2)c1C(=O)c1ccccc1. The molecule has 6 aromatic rings. The lowest BCUT2D eigenvalue weighted by atomic mass is 9.97. The van der Waals surface area contributed by atoms with Gasteiger partial charge in [-0.05, 0) is 35.8 Å². The van der Waals surface area contributed by atoms with Crippen molar-refractivity contribution >= 4 is 45.5 Å². The van der Waals surface area contributed by atoms with Gasteiger partial charge < -0.3 is 5.32 Å². The number of fused-ring (bicyclic) bond motifs is 1. The van der Waals surface area contributed by atoms with Crippen LogP contribution in [-0.2, 0) is 0 Å². The molecule has 0 radical (unpaired) electrons. The van der Waals surface area contributed by atoms with Crippen molar-refractivity contribution in [2.45, 2.75) is 0 Å². The van der Waals surface area contributed by atoms with E-state index >= 15 is 0 Å². The molecule has 1 amide bonds. The van der Waals surface area contributed by atoms with E-state index in [4.69, 9.17) is 17.3 Å². The van der Waals surface area contributed by atoms with Crippen molar-refractivity contribution in [1.82, 2.24) is 15.1 Å². The molecule has 0 unspecified atom stereocenters. The second-order valence-electron chi connectivity index (χ2n) is 9.32. The molecule has 6 rings (SSSR count). The number of hydrogen-bond donors (Lipinski definition) is 2. The molecule has 0 saturated carbocycles. The normalized spacial score (nSPS) is 10.7. The average Bonchev–Trinajstić information content (AvgIpc) is 3.43. The summed E-state index contributed by atoms with van der Waals surface area (Å²) in [6, 6.07) is 41.5. The molecular formula is C34H24N4O2S. The predicted octanol–water partition coefficient (Wildman–Crippen LogP) is 7.05. The zero-order chi connectivity index (χ0) is 28.2. The number of amides is 1. The largest absolute Gasteiger partial charge is 0.332 e. The molecule has 0 bridgehead atoms. The molecule has 6 nitrogen and oxygen atoms in total. The van der Waals surface area contributed by atoms with E-state index in [1.807, 2.05) is 109 Å². The zero-order valence-electron chi connectivity index (χ0n) is 21.8. The van der Waals surface area contributed by atoms with Crippen LogP contribution in [0.15, 0.2) is 133 Å². The van der Waals surface area contributed by atoms with Crippen molar-refractivity contribution in [2.75, 3.05) is 5.32 Å². The summed E-state index contributed by atoms with van der Waals surface area (Å²) >= 11 is 5.54. The number of rotatable bonds is 6. The van der Waals surface area contributed by atoms with Crippen LogP contribution in [0.25, 0.3) is 27.7 Å². The molecule has 0 spiro atoms. The average molecular weight is 553 g/mol. The molecule has 41 heavy (non-hydrogen) atoms. The van der Waals surface area contributed by atoms with Crippen LogP contribution in [0.3, 0.4) is 0 Å². The van der Waals surface area contributed by atoms with Crippen molar-refractivity contribution in [3.05, 3.63) is 150 Å². The fraction of sp³-hybridized carbons (Fsp3) is 0. The number of carbonyl (C=O) groups excluding carboxylic acids is 2. The molecule has 0 aliphatic carbocycles. The van der Waals surface area contributed by atoms with Crippen LogP contribution in [0.4, 0.5) is 5.69 Å². The van der Waals surface area contributed by atoms with Gasteiger partial charge in [0.1, 0.15) is 0 Å². The highest BCUT2D eigenvalue weighted by Gasteiger charge is 2.30. The molecular weight excluding hydrogens is 528 g/mol. The Labute approximate surface area is 242 Å². The van der Waals surface area contributed by atoms with Crippen molar-refractivity contribution in [1.29, 1.82) is 0 Å². The highest BCUT2D eigenvalue weighted by molar-refractivity contribution is 7.80. The summed E-state index contributed by atoms with van der Waals surface area (Å²) in [6.07, 6.45) is 0. The first-order chi connectivity index (χ1) is 20.1. The standard InChI is InChI=1S/C34H24N4O2S/c39-32(25-16-6-2-7-17-25)29-30(33(40)36-34(41)35-28-22-12-18-23-13-10-11-21-27(23)28)37-38(26-19-8-3-9-20-26)31(29)24-14-4-1-5-15-24/h1-22H,(H2,35,36,40,41). The summed E-state index contributed by atoms with van der Waals surface area (Å²) in [4.78, 5) is 27.9. The smallest absolute Gasteiger partial charge is 0.278 e. The maximum absolute atomic E-state index is 14.1. The number of ketones is 1. The summed E-state index contributed by atoms with van der Waals surface area (Å²) in [5, 5.41) is 12.7. The number of para-hydroxylation sites is 1. The number of anilines is 1. The monoisotopic (exact) mass is 552 g/mol. The Morgan fingerprint density at radius 1 is 0.683 bits per heavy atom. The van der Waals surface area contributed by atoms with E-state index in [2.05, 4.69) is 10.6 Å². The Hall–Kier alpha value is -5.40. The number of carbonyl (C=O) groups is 2. The third-order valence-corrected chi connectivity index (χ3v) is 6.88. The lowest BCUT2D eigenvalue weighted by Crippen LogP contribution is -2.35. The van der Waals surface area contributed by atoms with E-state index in [0.29, 0.717) is 16.9 Å². The van der Waals surface area contributed by atoms with E-state index in [1.165, 1.54) is 0 Å². The van der Waals surface area contributed by atoms with Crippen LogP contribution < -0.4 is 10.6 Å². The Bertz CT molecular complexity index is 1880. The van der Waals surface area contributed by atoms with Crippen molar-refractivity contribution < 1.29 is 9.59 Å². The summed E-state index contributed by atoms with van der Waals surface area (Å²) in [7, 11) is 0. The van der Waals surface area contributed by atoms with Gasteiger partial charge in [0.15, 0.2) is 16.6 Å². The highest BCUT2D eigenvalue weighted by atomic mass is 32.1. The topological polar surface area (TPSA) is 76.0 Å². The van der Waals surface area contributed by atoms with Gasteiger partial charge in [0.25, 0.3) is 5.91 Å². The van der Waals surface area contributed by atoms with Gasteiger partial charge in [0.2, 0.25) is 0 Å². The van der Waals surface area contributed by atoms with E-state index < -0.39 is 5.91 Å². The van der Waals surface area contributed by atoms with E-state index in [1.54, 1.807) is 28.9 Å². The van der Waals surface area contributed by atoms with Gasteiger partial charge in [-0.1, -0.05) is 115 Å². The van der Waals surface area contributed by atoms with Crippen molar-refractivity contribution in [3.8, 4) is 16.9 Å². The molecule has 0 aliphatic heterocycles. The molecule has 7 heteroatoms. The van der Waals surface area contributed by atoms with Gasteiger partial charge >= 0.3 is 0 Å². The highest BCUT2D eigenvalue weighted by Crippen LogP contribution is 2.31. The van der Waals surface area contributed by atoms with Gasteiger partial charge in [0, 0.05) is 22.2 Å².